The molecule has 0 spiro atoms. The number of fused-ring (bicyclic) bond motifs is 1. The number of halogens is 5. The first-order chi connectivity index (χ1) is 7.39. The molecule has 0 aliphatic heterocycles. The third kappa shape index (κ3) is 2.34. The summed E-state index contributed by atoms with van der Waals surface area (Å²) < 4.78 is -1.61. The van der Waals surface area contributed by atoms with E-state index in [-0.39, 0.29) is 0 Å². The van der Waals surface area contributed by atoms with Crippen molar-refractivity contribution in [1.82, 2.24) is 4.98 Å². The van der Waals surface area contributed by atoms with E-state index in [1.165, 1.54) is 6.20 Å². The highest BCUT2D eigenvalue weighted by atomic mass is 35.6. The molecular weight excluding hydrogens is 311 g/mol. The fourth-order valence-corrected chi connectivity index (χ4v) is 2.60. The number of rotatable bonds is 0. The van der Waals surface area contributed by atoms with Crippen LogP contribution in [0.4, 0.5) is 0 Å². The Morgan fingerprint density at radius 2 is 1.75 bits per heavy atom. The summed E-state index contributed by atoms with van der Waals surface area (Å²) in [5.41, 5.74) is 0.908. The molecule has 1 nitrogen and oxygen atoms in total. The fraction of sp³-hybridized carbons (Fsp3) is 0.100. The highest BCUT2D eigenvalue weighted by molar-refractivity contribution is 6.67. The maximum Gasteiger partial charge on any atom is 0.219 e. The Bertz CT molecular complexity index is 547. The standard InChI is InChI=1S/C10H4Cl5N/c11-6-3-5-1-2-7(12)8(10(13,14)15)9(5)16-4-6/h1-4H. The van der Waals surface area contributed by atoms with Crippen molar-refractivity contribution < 1.29 is 0 Å². The second kappa shape index (κ2) is 4.40. The smallest absolute Gasteiger partial charge is 0.219 e. The molecule has 0 fully saturated rings. The van der Waals surface area contributed by atoms with E-state index in [4.69, 9.17) is 58.0 Å². The largest absolute Gasteiger partial charge is 0.254 e. The van der Waals surface area contributed by atoms with Crippen LogP contribution in [0.15, 0.2) is 24.4 Å². The summed E-state index contributed by atoms with van der Waals surface area (Å²) in [6.07, 6.45) is 1.49. The van der Waals surface area contributed by atoms with Gasteiger partial charge in [-0.3, -0.25) is 4.98 Å². The third-order valence-corrected chi connectivity index (χ3v) is 3.14. The number of aromatic nitrogens is 1. The van der Waals surface area contributed by atoms with Gasteiger partial charge in [0.2, 0.25) is 3.79 Å². The van der Waals surface area contributed by atoms with E-state index in [1.807, 2.05) is 0 Å². The van der Waals surface area contributed by atoms with Crippen molar-refractivity contribution in [2.24, 2.45) is 0 Å². The Labute approximate surface area is 117 Å². The van der Waals surface area contributed by atoms with Gasteiger partial charge in [0.15, 0.2) is 0 Å². The zero-order valence-electron chi connectivity index (χ0n) is 7.65. The molecule has 1 aromatic carbocycles. The lowest BCUT2D eigenvalue weighted by Gasteiger charge is -2.15. The van der Waals surface area contributed by atoms with Crippen molar-refractivity contribution in [1.29, 1.82) is 0 Å². The Hall–Kier alpha value is 0.0800. The van der Waals surface area contributed by atoms with Gasteiger partial charge in [0.25, 0.3) is 0 Å². The average Bonchev–Trinajstić information content (AvgIpc) is 2.16. The molecule has 0 bridgehead atoms. The predicted octanol–water partition coefficient (Wildman–Crippen LogP) is 5.37. The lowest BCUT2D eigenvalue weighted by atomic mass is 10.1. The van der Waals surface area contributed by atoms with Crippen molar-refractivity contribution in [3.05, 3.63) is 40.0 Å². The molecule has 0 radical (unpaired) electrons. The van der Waals surface area contributed by atoms with Gasteiger partial charge in [0, 0.05) is 17.1 Å². The van der Waals surface area contributed by atoms with Crippen LogP contribution in [0.5, 0.6) is 0 Å². The minimum Gasteiger partial charge on any atom is -0.254 e. The summed E-state index contributed by atoms with van der Waals surface area (Å²) in [7, 11) is 0. The van der Waals surface area contributed by atoms with E-state index in [0.29, 0.717) is 21.1 Å². The zero-order valence-corrected chi connectivity index (χ0v) is 11.4. The molecule has 16 heavy (non-hydrogen) atoms. The summed E-state index contributed by atoms with van der Waals surface area (Å²) in [5, 5.41) is 1.66. The Morgan fingerprint density at radius 1 is 1.06 bits per heavy atom. The van der Waals surface area contributed by atoms with Gasteiger partial charge < -0.3 is 0 Å². The first-order valence-corrected chi connectivity index (χ1v) is 6.09. The second-order valence-corrected chi connectivity index (χ2v) is 6.27. The number of nitrogens with zero attached hydrogens (tertiary/aromatic N) is 1. The fourth-order valence-electron chi connectivity index (χ4n) is 1.42. The number of benzene rings is 1. The van der Waals surface area contributed by atoms with Gasteiger partial charge in [-0.1, -0.05) is 64.1 Å². The summed E-state index contributed by atoms with van der Waals surface area (Å²) in [5.74, 6) is 0. The van der Waals surface area contributed by atoms with Crippen LogP contribution in [0.2, 0.25) is 10.0 Å². The molecule has 0 amide bonds. The quantitative estimate of drug-likeness (QED) is 0.596. The minimum atomic E-state index is -1.61. The summed E-state index contributed by atoms with van der Waals surface area (Å²) in [4.78, 5) is 4.14. The van der Waals surface area contributed by atoms with Crippen molar-refractivity contribution in [2.45, 2.75) is 3.79 Å². The molecule has 0 N–H and O–H groups in total. The highest BCUT2D eigenvalue weighted by Gasteiger charge is 2.28. The molecule has 84 valence electrons. The van der Waals surface area contributed by atoms with Crippen molar-refractivity contribution in [3.8, 4) is 0 Å². The predicted molar refractivity (Wildman–Crippen MR) is 71.0 cm³/mol. The van der Waals surface area contributed by atoms with Crippen LogP contribution in [-0.2, 0) is 3.79 Å². The van der Waals surface area contributed by atoms with E-state index in [9.17, 15) is 0 Å². The molecule has 0 saturated heterocycles. The Kier molecular flexibility index (Phi) is 3.44. The van der Waals surface area contributed by atoms with Gasteiger partial charge in [0.05, 0.1) is 15.6 Å². The van der Waals surface area contributed by atoms with Crippen LogP contribution >= 0.6 is 58.0 Å². The van der Waals surface area contributed by atoms with E-state index in [0.717, 1.165) is 5.39 Å². The summed E-state index contributed by atoms with van der Waals surface area (Å²) in [6.45, 7) is 0. The van der Waals surface area contributed by atoms with Gasteiger partial charge in [-0.2, -0.15) is 0 Å². The van der Waals surface area contributed by atoms with E-state index in [1.54, 1.807) is 18.2 Å². The molecular formula is C10H4Cl5N. The van der Waals surface area contributed by atoms with Gasteiger partial charge in [0.1, 0.15) is 0 Å². The van der Waals surface area contributed by atoms with Gasteiger partial charge in [-0.25, -0.2) is 0 Å². The van der Waals surface area contributed by atoms with Crippen LogP contribution in [0, 0.1) is 0 Å². The number of alkyl halides is 3. The maximum absolute atomic E-state index is 6.00. The second-order valence-electron chi connectivity index (χ2n) is 3.15. The monoisotopic (exact) mass is 313 g/mol. The van der Waals surface area contributed by atoms with Gasteiger partial charge >= 0.3 is 0 Å². The van der Waals surface area contributed by atoms with Crippen LogP contribution in [0.1, 0.15) is 5.56 Å². The van der Waals surface area contributed by atoms with Crippen molar-refractivity contribution >= 4 is 68.9 Å². The van der Waals surface area contributed by atoms with Crippen LogP contribution in [-0.4, -0.2) is 4.98 Å². The lowest BCUT2D eigenvalue weighted by Crippen LogP contribution is -2.03. The topological polar surface area (TPSA) is 12.9 Å². The third-order valence-electron chi connectivity index (χ3n) is 2.05. The van der Waals surface area contributed by atoms with Crippen molar-refractivity contribution in [2.75, 3.05) is 0 Å². The van der Waals surface area contributed by atoms with Crippen LogP contribution in [0.3, 0.4) is 0 Å². The molecule has 6 heteroatoms. The summed E-state index contributed by atoms with van der Waals surface area (Å²) in [6, 6.07) is 5.16. The van der Waals surface area contributed by atoms with Crippen LogP contribution < -0.4 is 0 Å². The number of hydrogen-bond donors (Lipinski definition) is 0. The Morgan fingerprint density at radius 3 is 2.38 bits per heavy atom. The van der Waals surface area contributed by atoms with Gasteiger partial charge in [-0.15, -0.1) is 0 Å². The molecule has 1 heterocycles. The first-order valence-electron chi connectivity index (χ1n) is 4.20. The highest BCUT2D eigenvalue weighted by Crippen LogP contribution is 2.44. The van der Waals surface area contributed by atoms with Gasteiger partial charge in [-0.05, 0) is 12.1 Å². The SMILES string of the molecule is Clc1cnc2c(C(Cl)(Cl)Cl)c(Cl)ccc2c1. The molecule has 0 aliphatic carbocycles. The number of pyridine rings is 1. The summed E-state index contributed by atoms with van der Waals surface area (Å²) >= 11 is 29.4. The molecule has 2 aromatic rings. The minimum absolute atomic E-state index is 0.363. The van der Waals surface area contributed by atoms with Crippen molar-refractivity contribution in [3.63, 3.8) is 0 Å². The van der Waals surface area contributed by atoms with Crippen LogP contribution in [0.25, 0.3) is 10.9 Å². The maximum atomic E-state index is 6.00. The van der Waals surface area contributed by atoms with E-state index in [2.05, 4.69) is 4.98 Å². The average molecular weight is 315 g/mol. The molecule has 0 saturated carbocycles. The Balaban J connectivity index is 2.85. The lowest BCUT2D eigenvalue weighted by molar-refractivity contribution is 1.24. The zero-order chi connectivity index (χ0) is 11.9. The molecule has 0 atom stereocenters. The normalized spacial score (nSPS) is 12.1. The molecule has 2 rings (SSSR count). The van der Waals surface area contributed by atoms with E-state index < -0.39 is 3.79 Å². The molecule has 0 aliphatic rings. The number of hydrogen-bond acceptors (Lipinski definition) is 1. The molecule has 0 unspecified atom stereocenters. The first kappa shape index (κ1) is 12.5. The van der Waals surface area contributed by atoms with E-state index >= 15 is 0 Å². The molecule has 1 aromatic heterocycles.